The third-order valence-corrected chi connectivity index (χ3v) is 1.62. The van der Waals surface area contributed by atoms with Gasteiger partial charge in [-0.1, -0.05) is 30.3 Å². The Balaban J connectivity index is 0.00000121. The maximum atomic E-state index is 9.44. The largest absolute Gasteiger partial charge is 0.388 e. The molecule has 0 spiro atoms. The van der Waals surface area contributed by atoms with Gasteiger partial charge in [-0.2, -0.15) is 0 Å². The number of hydrogen-bond acceptors (Lipinski definition) is 2. The van der Waals surface area contributed by atoms with E-state index >= 15 is 0 Å². The molecular formula is C9H14ClNO. The highest BCUT2D eigenvalue weighted by Gasteiger charge is 2.03. The van der Waals surface area contributed by atoms with Crippen molar-refractivity contribution in [3.63, 3.8) is 0 Å². The summed E-state index contributed by atoms with van der Waals surface area (Å²) < 4.78 is 0. The van der Waals surface area contributed by atoms with Crippen LogP contribution >= 0.6 is 12.4 Å². The number of halogens is 1. The summed E-state index contributed by atoms with van der Waals surface area (Å²) in [6.45, 7) is 0.524. The zero-order valence-electron chi connectivity index (χ0n) is 6.81. The number of rotatable bonds is 3. The van der Waals surface area contributed by atoms with Crippen molar-refractivity contribution in [2.75, 3.05) is 6.54 Å². The summed E-state index contributed by atoms with van der Waals surface area (Å²) in [6.07, 6.45) is 0.227. The molecule has 0 unspecified atom stereocenters. The molecule has 0 amide bonds. The molecule has 0 aliphatic heterocycles. The number of hydrogen-bond donors (Lipinski definition) is 2. The van der Waals surface area contributed by atoms with Crippen LogP contribution in [0.1, 0.15) is 18.1 Å². The normalized spacial score (nSPS) is 11.8. The van der Waals surface area contributed by atoms with Crippen molar-refractivity contribution in [2.24, 2.45) is 5.73 Å². The Hall–Kier alpha value is -0.570. The van der Waals surface area contributed by atoms with Gasteiger partial charge in [0.05, 0.1) is 6.10 Å². The lowest BCUT2D eigenvalue weighted by Crippen LogP contribution is -2.06. The van der Waals surface area contributed by atoms with Gasteiger partial charge < -0.3 is 10.8 Å². The molecule has 0 fully saturated rings. The fourth-order valence-corrected chi connectivity index (χ4v) is 1.000. The Morgan fingerprint density at radius 1 is 1.25 bits per heavy atom. The highest BCUT2D eigenvalue weighted by molar-refractivity contribution is 5.85. The summed E-state index contributed by atoms with van der Waals surface area (Å²) in [5.74, 6) is 0. The van der Waals surface area contributed by atoms with E-state index < -0.39 is 6.10 Å². The topological polar surface area (TPSA) is 46.2 Å². The van der Waals surface area contributed by atoms with Crippen molar-refractivity contribution >= 4 is 12.4 Å². The smallest absolute Gasteiger partial charge is 0.0802 e. The average molecular weight is 188 g/mol. The van der Waals surface area contributed by atoms with Gasteiger partial charge in [-0.25, -0.2) is 0 Å². The van der Waals surface area contributed by atoms with Crippen molar-refractivity contribution in [2.45, 2.75) is 12.5 Å². The SMILES string of the molecule is Cl.NCC[C@H](O)c1ccccc1. The summed E-state index contributed by atoms with van der Waals surface area (Å²) in [4.78, 5) is 0. The first-order valence-corrected chi connectivity index (χ1v) is 3.77. The van der Waals surface area contributed by atoms with Gasteiger partial charge in [-0.3, -0.25) is 0 Å². The predicted molar refractivity (Wildman–Crippen MR) is 52.3 cm³/mol. The summed E-state index contributed by atoms with van der Waals surface area (Å²) in [6, 6.07) is 9.56. The molecule has 68 valence electrons. The van der Waals surface area contributed by atoms with Crippen LogP contribution < -0.4 is 5.73 Å². The van der Waals surface area contributed by atoms with Crippen molar-refractivity contribution in [3.8, 4) is 0 Å². The molecule has 0 heterocycles. The zero-order chi connectivity index (χ0) is 8.10. The van der Waals surface area contributed by atoms with Gasteiger partial charge in [0.2, 0.25) is 0 Å². The van der Waals surface area contributed by atoms with Gasteiger partial charge in [0.25, 0.3) is 0 Å². The summed E-state index contributed by atoms with van der Waals surface area (Å²) in [7, 11) is 0. The van der Waals surface area contributed by atoms with Crippen LogP contribution in [0.25, 0.3) is 0 Å². The monoisotopic (exact) mass is 187 g/mol. The average Bonchev–Trinajstić information content (AvgIpc) is 2.07. The third kappa shape index (κ3) is 3.22. The standard InChI is InChI=1S/C9H13NO.ClH/c10-7-6-9(11)8-4-2-1-3-5-8;/h1-5,9,11H,6-7,10H2;1H/t9-;/m0./s1. The van der Waals surface area contributed by atoms with Crippen LogP contribution in [0.4, 0.5) is 0 Å². The molecule has 12 heavy (non-hydrogen) atoms. The number of benzene rings is 1. The minimum atomic E-state index is -0.402. The van der Waals surface area contributed by atoms with Crippen LogP contribution in [0.5, 0.6) is 0 Å². The van der Waals surface area contributed by atoms with Crippen LogP contribution in [0.2, 0.25) is 0 Å². The van der Waals surface area contributed by atoms with Crippen molar-refractivity contribution < 1.29 is 5.11 Å². The Bertz CT molecular complexity index is 203. The quantitative estimate of drug-likeness (QED) is 0.753. The van der Waals surface area contributed by atoms with E-state index in [0.717, 1.165) is 5.56 Å². The van der Waals surface area contributed by atoms with Gasteiger partial charge in [-0.15, -0.1) is 12.4 Å². The number of nitrogens with two attached hydrogens (primary N) is 1. The molecule has 0 saturated heterocycles. The van der Waals surface area contributed by atoms with Crippen molar-refractivity contribution in [3.05, 3.63) is 35.9 Å². The lowest BCUT2D eigenvalue weighted by Gasteiger charge is -2.07. The molecular weight excluding hydrogens is 174 g/mol. The first-order valence-electron chi connectivity index (χ1n) is 3.77. The molecule has 0 aliphatic rings. The van der Waals surface area contributed by atoms with Crippen LogP contribution in [0, 0.1) is 0 Å². The van der Waals surface area contributed by atoms with Gasteiger partial charge in [0.1, 0.15) is 0 Å². The Morgan fingerprint density at radius 3 is 2.33 bits per heavy atom. The molecule has 3 heteroatoms. The van der Waals surface area contributed by atoms with Crippen LogP contribution in [-0.2, 0) is 0 Å². The lowest BCUT2D eigenvalue weighted by molar-refractivity contribution is 0.170. The fourth-order valence-electron chi connectivity index (χ4n) is 1.000. The second-order valence-electron chi connectivity index (χ2n) is 2.50. The van der Waals surface area contributed by atoms with Crippen LogP contribution in [0.3, 0.4) is 0 Å². The molecule has 1 atom stereocenters. The van der Waals surface area contributed by atoms with E-state index in [1.165, 1.54) is 0 Å². The molecule has 0 radical (unpaired) electrons. The van der Waals surface area contributed by atoms with Gasteiger partial charge in [0.15, 0.2) is 0 Å². The molecule has 0 saturated carbocycles. The van der Waals surface area contributed by atoms with E-state index in [-0.39, 0.29) is 12.4 Å². The highest BCUT2D eigenvalue weighted by Crippen LogP contribution is 2.14. The Labute approximate surface area is 78.8 Å². The van der Waals surface area contributed by atoms with Gasteiger partial charge >= 0.3 is 0 Å². The Kier molecular flexibility index (Phi) is 5.72. The van der Waals surface area contributed by atoms with E-state index in [4.69, 9.17) is 5.73 Å². The molecule has 1 rings (SSSR count). The maximum absolute atomic E-state index is 9.44. The van der Waals surface area contributed by atoms with E-state index in [9.17, 15) is 5.11 Å². The van der Waals surface area contributed by atoms with Gasteiger partial charge in [0, 0.05) is 0 Å². The van der Waals surface area contributed by atoms with E-state index in [1.807, 2.05) is 30.3 Å². The Morgan fingerprint density at radius 2 is 1.83 bits per heavy atom. The molecule has 0 aliphatic carbocycles. The van der Waals surface area contributed by atoms with E-state index in [1.54, 1.807) is 0 Å². The van der Waals surface area contributed by atoms with E-state index in [0.29, 0.717) is 13.0 Å². The minimum Gasteiger partial charge on any atom is -0.388 e. The van der Waals surface area contributed by atoms with Crippen molar-refractivity contribution in [1.82, 2.24) is 0 Å². The predicted octanol–water partition coefficient (Wildman–Crippen LogP) is 1.49. The lowest BCUT2D eigenvalue weighted by atomic mass is 10.1. The van der Waals surface area contributed by atoms with Crippen molar-refractivity contribution in [1.29, 1.82) is 0 Å². The molecule has 3 N–H and O–H groups in total. The number of aliphatic hydroxyl groups is 1. The zero-order valence-corrected chi connectivity index (χ0v) is 7.63. The molecule has 2 nitrogen and oxygen atoms in total. The van der Waals surface area contributed by atoms with Crippen LogP contribution in [0.15, 0.2) is 30.3 Å². The summed E-state index contributed by atoms with van der Waals surface area (Å²) in [5, 5.41) is 9.44. The minimum absolute atomic E-state index is 0. The van der Waals surface area contributed by atoms with Gasteiger partial charge in [-0.05, 0) is 18.5 Å². The second-order valence-corrected chi connectivity index (χ2v) is 2.50. The fraction of sp³-hybridized carbons (Fsp3) is 0.333. The number of aliphatic hydroxyl groups excluding tert-OH is 1. The third-order valence-electron chi connectivity index (χ3n) is 1.62. The summed E-state index contributed by atoms with van der Waals surface area (Å²) >= 11 is 0. The maximum Gasteiger partial charge on any atom is 0.0802 e. The molecule has 1 aromatic carbocycles. The molecule has 0 bridgehead atoms. The summed E-state index contributed by atoms with van der Waals surface area (Å²) in [5.41, 5.74) is 6.25. The first-order chi connectivity index (χ1) is 5.34. The first kappa shape index (κ1) is 11.4. The molecule has 0 aromatic heterocycles. The second kappa shape index (κ2) is 6.00. The highest BCUT2D eigenvalue weighted by atomic mass is 35.5. The van der Waals surface area contributed by atoms with E-state index in [2.05, 4.69) is 0 Å². The molecule has 1 aromatic rings. The van der Waals surface area contributed by atoms with Crippen LogP contribution in [-0.4, -0.2) is 11.7 Å².